The third kappa shape index (κ3) is 5.41. The van der Waals surface area contributed by atoms with E-state index in [2.05, 4.69) is 16.3 Å². The Kier molecular flexibility index (Phi) is 8.49. The summed E-state index contributed by atoms with van der Waals surface area (Å²) in [5.74, 6) is -0.834. The van der Waals surface area contributed by atoms with Crippen molar-refractivity contribution in [2.24, 2.45) is 26.8 Å². The van der Waals surface area contributed by atoms with E-state index in [0.717, 1.165) is 12.0 Å². The van der Waals surface area contributed by atoms with Gasteiger partial charge in [-0.1, -0.05) is 38.1 Å². The average molecular weight is 554 g/mol. The minimum atomic E-state index is -1.12. The Labute approximate surface area is 235 Å². The Balaban J connectivity index is 1.67. The van der Waals surface area contributed by atoms with E-state index in [1.165, 1.54) is 17.7 Å². The van der Waals surface area contributed by atoms with Crippen LogP contribution in [0.25, 0.3) is 0 Å². The largest absolute Gasteiger partial charge is 0.466 e. The average Bonchev–Trinajstić information content (AvgIpc) is 2.89. The molecule has 3 aliphatic rings. The topological polar surface area (TPSA) is 110 Å². The molecule has 1 amide bonds. The number of fused-ring (bicyclic) bond motifs is 1. The van der Waals surface area contributed by atoms with Gasteiger partial charge in [0.25, 0.3) is 5.91 Å². The zero-order chi connectivity index (χ0) is 29.2. The molecule has 0 bridgehead atoms. The number of hydrogen-bond donors (Lipinski definition) is 1. The summed E-state index contributed by atoms with van der Waals surface area (Å²) >= 11 is 0. The number of benzene rings is 1. The maximum atomic E-state index is 14.9. The first-order chi connectivity index (χ1) is 18.9. The lowest BCUT2D eigenvalue weighted by atomic mass is 9.55. The zero-order valence-electron chi connectivity index (χ0n) is 24.2. The highest BCUT2D eigenvalue weighted by Gasteiger charge is 2.55. The van der Waals surface area contributed by atoms with Crippen LogP contribution in [0.4, 0.5) is 4.39 Å². The van der Waals surface area contributed by atoms with Crippen molar-refractivity contribution in [3.63, 3.8) is 0 Å². The van der Waals surface area contributed by atoms with E-state index in [1.54, 1.807) is 25.9 Å². The summed E-state index contributed by atoms with van der Waals surface area (Å²) < 4.78 is 25.5. The van der Waals surface area contributed by atoms with E-state index >= 15 is 0 Å². The Morgan fingerprint density at radius 3 is 2.52 bits per heavy atom. The number of esters is 1. The van der Waals surface area contributed by atoms with E-state index in [1.807, 2.05) is 43.9 Å². The van der Waals surface area contributed by atoms with E-state index in [9.17, 15) is 14.0 Å². The zero-order valence-corrected chi connectivity index (χ0v) is 24.2. The van der Waals surface area contributed by atoms with Crippen molar-refractivity contribution in [3.05, 3.63) is 59.1 Å². The van der Waals surface area contributed by atoms with Gasteiger partial charge in [0.05, 0.1) is 36.3 Å². The first-order valence-corrected chi connectivity index (χ1v) is 13.8. The third-order valence-corrected chi connectivity index (χ3v) is 8.61. The first kappa shape index (κ1) is 29.5. The lowest BCUT2D eigenvalue weighted by Crippen LogP contribution is -2.54. The van der Waals surface area contributed by atoms with Crippen molar-refractivity contribution >= 4 is 23.4 Å². The molecule has 1 aliphatic carbocycles. The number of allylic oxidation sites excluding steroid dienone is 2. The van der Waals surface area contributed by atoms with Gasteiger partial charge in [-0.25, -0.2) is 4.39 Å². The molecule has 40 heavy (non-hydrogen) atoms. The number of ether oxygens (including phenoxy) is 2. The number of nitrogens with two attached hydrogens (primary N) is 1. The number of carbonyl (C=O) groups is 2. The molecule has 0 saturated carbocycles. The van der Waals surface area contributed by atoms with Crippen molar-refractivity contribution in [1.82, 2.24) is 9.80 Å². The molecule has 2 aliphatic heterocycles. The van der Waals surface area contributed by atoms with Crippen LogP contribution in [-0.4, -0.2) is 72.7 Å². The molecule has 0 radical (unpaired) electrons. The van der Waals surface area contributed by atoms with Crippen molar-refractivity contribution < 1.29 is 23.5 Å². The normalized spacial score (nSPS) is 25.0. The van der Waals surface area contributed by atoms with Crippen LogP contribution < -0.4 is 5.73 Å². The van der Waals surface area contributed by atoms with Gasteiger partial charge in [-0.15, -0.1) is 5.10 Å². The Morgan fingerprint density at radius 1 is 1.20 bits per heavy atom. The summed E-state index contributed by atoms with van der Waals surface area (Å²) in [7, 11) is 1.63. The minimum Gasteiger partial charge on any atom is -0.466 e. The van der Waals surface area contributed by atoms with Crippen molar-refractivity contribution in [1.29, 1.82) is 0 Å². The lowest BCUT2D eigenvalue weighted by Gasteiger charge is -2.49. The fraction of sp³-hybridized carbons (Fsp3) is 0.533. The number of methoxy groups -OCH3 is 1. The van der Waals surface area contributed by atoms with Crippen LogP contribution in [0.2, 0.25) is 0 Å². The summed E-state index contributed by atoms with van der Waals surface area (Å²) in [6.07, 6.45) is 3.56. The second kappa shape index (κ2) is 11.5. The van der Waals surface area contributed by atoms with Crippen LogP contribution in [-0.2, 0) is 25.5 Å². The Hall–Kier alpha value is -3.53. The molecule has 2 N–H and O–H groups in total. The predicted molar refractivity (Wildman–Crippen MR) is 152 cm³/mol. The molecule has 0 unspecified atom stereocenters. The van der Waals surface area contributed by atoms with Gasteiger partial charge in [-0.05, 0) is 44.4 Å². The smallest absolute Gasteiger partial charge is 0.311 e. The quantitative estimate of drug-likeness (QED) is 0.172. The van der Waals surface area contributed by atoms with Crippen LogP contribution in [0.15, 0.2) is 58.1 Å². The van der Waals surface area contributed by atoms with E-state index in [0.29, 0.717) is 25.5 Å². The van der Waals surface area contributed by atoms with Crippen LogP contribution in [0.3, 0.4) is 0 Å². The summed E-state index contributed by atoms with van der Waals surface area (Å²) in [5, 5.41) is 8.87. The molecule has 216 valence electrons. The molecule has 0 spiro atoms. The molecule has 10 heteroatoms. The van der Waals surface area contributed by atoms with E-state index < -0.39 is 16.8 Å². The molecule has 0 aromatic heterocycles. The fourth-order valence-corrected chi connectivity index (χ4v) is 5.49. The molecular weight excluding hydrogens is 513 g/mol. The number of amidine groups is 1. The fourth-order valence-electron chi connectivity index (χ4n) is 5.49. The van der Waals surface area contributed by atoms with Gasteiger partial charge >= 0.3 is 5.97 Å². The van der Waals surface area contributed by atoms with Gasteiger partial charge in [0, 0.05) is 38.2 Å². The standard InChI is InChI=1S/C30H40FN5O4/c1-7-40-27(37)15-25(30(5)24(31)16-29(30,3)4)33-34-26(35-17-21(18-35)39-6)14-23(32)28(38)36-13-12-20-10-8-9-11-22(20)19(36)2/h8-11,14,16,19,21H,7,12-13,15,17-18,32H2,1-6H3/t19-,30+/m1/s1. The van der Waals surface area contributed by atoms with E-state index in [-0.39, 0.29) is 48.3 Å². The summed E-state index contributed by atoms with van der Waals surface area (Å²) in [4.78, 5) is 29.6. The molecule has 1 aromatic carbocycles. The highest BCUT2D eigenvalue weighted by Crippen LogP contribution is 2.57. The number of likely N-dealkylation sites (tertiary alicyclic amines) is 1. The number of halogens is 1. The summed E-state index contributed by atoms with van der Waals surface area (Å²) in [5.41, 5.74) is 7.27. The maximum Gasteiger partial charge on any atom is 0.311 e. The third-order valence-electron chi connectivity index (χ3n) is 8.61. The van der Waals surface area contributed by atoms with Gasteiger partial charge < -0.3 is 25.0 Å². The minimum absolute atomic E-state index is 0.000543. The molecule has 2 heterocycles. The highest BCUT2D eigenvalue weighted by atomic mass is 19.1. The molecule has 1 aromatic rings. The van der Waals surface area contributed by atoms with E-state index in [4.69, 9.17) is 15.2 Å². The monoisotopic (exact) mass is 553 g/mol. The van der Waals surface area contributed by atoms with Crippen LogP contribution in [0.1, 0.15) is 58.2 Å². The SMILES string of the molecule is CCOC(=O)CC(=NN=C(C=C(N)C(=O)N1CCc2ccccc2[C@H]1C)N1CC(OC)C1)[C@]1(C)C(F)=CC1(C)C. The summed E-state index contributed by atoms with van der Waals surface area (Å²) in [6, 6.07) is 7.96. The van der Waals surface area contributed by atoms with Gasteiger partial charge in [0.2, 0.25) is 0 Å². The molecular formula is C30H40FN5O4. The highest BCUT2D eigenvalue weighted by molar-refractivity contribution is 6.06. The molecule has 2 atom stereocenters. The van der Waals surface area contributed by atoms with Crippen LogP contribution in [0.5, 0.6) is 0 Å². The Bertz CT molecular complexity index is 1280. The molecule has 1 fully saturated rings. The van der Waals surface area contributed by atoms with Gasteiger partial charge in [-0.3, -0.25) is 9.59 Å². The second-order valence-corrected chi connectivity index (χ2v) is 11.3. The number of hydrogen-bond acceptors (Lipinski definition) is 7. The van der Waals surface area contributed by atoms with Crippen LogP contribution in [0, 0.1) is 10.8 Å². The number of amides is 1. The second-order valence-electron chi connectivity index (χ2n) is 11.3. The predicted octanol–water partition coefficient (Wildman–Crippen LogP) is 3.91. The van der Waals surface area contributed by atoms with Crippen molar-refractivity contribution in [2.45, 2.75) is 59.6 Å². The van der Waals surface area contributed by atoms with Crippen molar-refractivity contribution in [3.8, 4) is 0 Å². The summed E-state index contributed by atoms with van der Waals surface area (Å²) in [6.45, 7) is 11.0. The van der Waals surface area contributed by atoms with Gasteiger partial charge in [0.1, 0.15) is 11.5 Å². The lowest BCUT2D eigenvalue weighted by molar-refractivity contribution is -0.141. The van der Waals surface area contributed by atoms with Gasteiger partial charge in [-0.2, -0.15) is 5.10 Å². The maximum absolute atomic E-state index is 14.9. The van der Waals surface area contributed by atoms with Gasteiger partial charge in [0.15, 0.2) is 5.84 Å². The van der Waals surface area contributed by atoms with Crippen LogP contribution >= 0.6 is 0 Å². The molecule has 9 nitrogen and oxygen atoms in total. The van der Waals surface area contributed by atoms with Crippen molar-refractivity contribution in [2.75, 3.05) is 33.4 Å². The first-order valence-electron chi connectivity index (χ1n) is 13.8. The number of carbonyl (C=O) groups excluding carboxylic acids is 2. The number of rotatable bonds is 8. The molecule has 1 saturated heterocycles. The number of nitrogens with zero attached hydrogens (tertiary/aromatic N) is 4. The Morgan fingerprint density at radius 2 is 1.90 bits per heavy atom. The molecule has 4 rings (SSSR count).